The van der Waals surface area contributed by atoms with Crippen LogP contribution in [0.4, 0.5) is 15.8 Å². The van der Waals surface area contributed by atoms with E-state index in [-0.39, 0.29) is 6.42 Å². The predicted octanol–water partition coefficient (Wildman–Crippen LogP) is 3.41. The molecule has 2 aromatic rings. The Morgan fingerprint density at radius 3 is 2.18 bits per heavy atom. The van der Waals surface area contributed by atoms with Crippen molar-refractivity contribution in [3.8, 4) is 0 Å². The van der Waals surface area contributed by atoms with E-state index in [1.54, 1.807) is 6.07 Å². The smallest absolute Gasteiger partial charge is 0.233 e. The molecule has 0 heterocycles. The van der Waals surface area contributed by atoms with Gasteiger partial charge in [0.2, 0.25) is 11.8 Å². The molecule has 2 N–H and O–H groups in total. The van der Waals surface area contributed by atoms with Crippen molar-refractivity contribution in [1.29, 1.82) is 0 Å². The van der Waals surface area contributed by atoms with Gasteiger partial charge in [0.1, 0.15) is 12.2 Å². The highest BCUT2D eigenvalue weighted by molar-refractivity contribution is 6.08. The fourth-order valence-electron chi connectivity index (χ4n) is 2.11. The van der Waals surface area contributed by atoms with Crippen LogP contribution in [0, 0.1) is 19.7 Å². The first kappa shape index (κ1) is 15.7. The highest BCUT2D eigenvalue weighted by Crippen LogP contribution is 2.19. The Morgan fingerprint density at radius 1 is 0.955 bits per heavy atom. The van der Waals surface area contributed by atoms with Gasteiger partial charge in [-0.25, -0.2) is 4.39 Å². The Kier molecular flexibility index (Phi) is 4.88. The van der Waals surface area contributed by atoms with E-state index in [1.807, 2.05) is 32.0 Å². The van der Waals surface area contributed by atoms with E-state index in [2.05, 4.69) is 10.6 Å². The van der Waals surface area contributed by atoms with E-state index in [9.17, 15) is 14.0 Å². The number of para-hydroxylation sites is 1. The summed E-state index contributed by atoms with van der Waals surface area (Å²) in [5.74, 6) is -1.35. The van der Waals surface area contributed by atoms with Gasteiger partial charge in [-0.05, 0) is 43.2 Å². The van der Waals surface area contributed by atoms with E-state index in [4.69, 9.17) is 0 Å². The Morgan fingerprint density at radius 2 is 1.55 bits per heavy atom. The number of aryl methyl sites for hydroxylation is 2. The maximum Gasteiger partial charge on any atom is 0.233 e. The average Bonchev–Trinajstić information content (AvgIpc) is 2.43. The molecule has 2 rings (SSSR count). The molecule has 0 saturated heterocycles. The third-order valence-electron chi connectivity index (χ3n) is 3.18. The van der Waals surface area contributed by atoms with Crippen molar-refractivity contribution >= 4 is 23.2 Å². The van der Waals surface area contributed by atoms with Crippen molar-refractivity contribution in [3.05, 3.63) is 59.4 Å². The van der Waals surface area contributed by atoms with Gasteiger partial charge in [0, 0.05) is 11.4 Å². The van der Waals surface area contributed by atoms with Gasteiger partial charge >= 0.3 is 0 Å². The molecule has 0 aliphatic heterocycles. The summed E-state index contributed by atoms with van der Waals surface area (Å²) >= 11 is 0. The van der Waals surface area contributed by atoms with Crippen molar-refractivity contribution in [3.63, 3.8) is 0 Å². The summed E-state index contributed by atoms with van der Waals surface area (Å²) in [6.07, 6.45) is -0.329. The number of carbonyl (C=O) groups is 2. The Bertz CT molecular complexity index is 693. The highest BCUT2D eigenvalue weighted by Gasteiger charge is 2.12. The molecule has 0 aliphatic rings. The number of rotatable bonds is 4. The van der Waals surface area contributed by atoms with E-state index < -0.39 is 17.6 Å². The Hall–Kier alpha value is -2.69. The number of amides is 2. The molecule has 2 amide bonds. The predicted molar refractivity (Wildman–Crippen MR) is 84.2 cm³/mol. The van der Waals surface area contributed by atoms with Gasteiger partial charge in [0.05, 0.1) is 0 Å². The van der Waals surface area contributed by atoms with Crippen LogP contribution in [0.3, 0.4) is 0 Å². The van der Waals surface area contributed by atoms with Crippen LogP contribution in [-0.2, 0) is 9.59 Å². The molecule has 114 valence electrons. The maximum atomic E-state index is 13.0. The largest absolute Gasteiger partial charge is 0.326 e. The maximum absolute atomic E-state index is 13.0. The lowest BCUT2D eigenvalue weighted by molar-refractivity contribution is -0.123. The summed E-state index contributed by atoms with van der Waals surface area (Å²) in [5, 5.41) is 5.22. The van der Waals surface area contributed by atoms with Gasteiger partial charge in [-0.2, -0.15) is 0 Å². The minimum absolute atomic E-state index is 0.324. The van der Waals surface area contributed by atoms with Crippen LogP contribution >= 0.6 is 0 Å². The summed E-state index contributed by atoms with van der Waals surface area (Å²) in [5.41, 5.74) is 2.90. The number of anilines is 2. The van der Waals surface area contributed by atoms with Crippen LogP contribution in [0.1, 0.15) is 17.5 Å². The van der Waals surface area contributed by atoms with Gasteiger partial charge in [-0.1, -0.05) is 24.3 Å². The number of benzene rings is 2. The lowest BCUT2D eigenvalue weighted by atomic mass is 10.1. The highest BCUT2D eigenvalue weighted by atomic mass is 19.1. The number of nitrogens with one attached hydrogen (secondary N) is 2. The molecule has 0 aromatic heterocycles. The summed E-state index contributed by atoms with van der Waals surface area (Å²) in [4.78, 5) is 23.7. The molecule has 0 spiro atoms. The summed E-state index contributed by atoms with van der Waals surface area (Å²) in [6.45, 7) is 3.77. The van der Waals surface area contributed by atoms with Crippen molar-refractivity contribution in [2.45, 2.75) is 20.3 Å². The van der Waals surface area contributed by atoms with Gasteiger partial charge in [0.15, 0.2) is 0 Å². The molecule has 0 radical (unpaired) electrons. The molecule has 4 nitrogen and oxygen atoms in total. The topological polar surface area (TPSA) is 58.2 Å². The lowest BCUT2D eigenvalue weighted by Crippen LogP contribution is -2.22. The third-order valence-corrected chi connectivity index (χ3v) is 3.18. The normalized spacial score (nSPS) is 10.1. The second kappa shape index (κ2) is 6.85. The number of halogens is 1. The van der Waals surface area contributed by atoms with E-state index in [0.717, 1.165) is 11.1 Å². The zero-order chi connectivity index (χ0) is 16.1. The summed E-state index contributed by atoms with van der Waals surface area (Å²) in [7, 11) is 0. The van der Waals surface area contributed by atoms with E-state index >= 15 is 0 Å². The molecular weight excluding hydrogens is 283 g/mol. The second-order valence-corrected chi connectivity index (χ2v) is 5.05. The zero-order valence-corrected chi connectivity index (χ0v) is 12.4. The molecule has 0 unspecified atom stereocenters. The van der Waals surface area contributed by atoms with Crippen LogP contribution in [0.15, 0.2) is 42.5 Å². The van der Waals surface area contributed by atoms with Crippen molar-refractivity contribution < 1.29 is 14.0 Å². The SMILES string of the molecule is Cc1cccc(C)c1NC(=O)CC(=O)Nc1cccc(F)c1. The minimum atomic E-state index is -0.491. The Balaban J connectivity index is 1.96. The van der Waals surface area contributed by atoms with Crippen LogP contribution in [0.5, 0.6) is 0 Å². The first-order chi connectivity index (χ1) is 10.5. The van der Waals surface area contributed by atoms with Crippen molar-refractivity contribution in [1.82, 2.24) is 0 Å². The van der Waals surface area contributed by atoms with Gasteiger partial charge in [-0.15, -0.1) is 0 Å². The van der Waals surface area contributed by atoms with Crippen molar-refractivity contribution in [2.24, 2.45) is 0 Å². The third kappa shape index (κ3) is 4.15. The molecule has 5 heteroatoms. The number of hydrogen-bond acceptors (Lipinski definition) is 2. The lowest BCUT2D eigenvalue weighted by Gasteiger charge is -2.11. The van der Waals surface area contributed by atoms with Crippen LogP contribution < -0.4 is 10.6 Å². The molecular formula is C17H17FN2O2. The molecule has 0 saturated carbocycles. The average molecular weight is 300 g/mol. The first-order valence-corrected chi connectivity index (χ1v) is 6.87. The summed E-state index contributed by atoms with van der Waals surface area (Å²) in [6, 6.07) is 11.2. The van der Waals surface area contributed by atoms with Gasteiger partial charge in [-0.3, -0.25) is 9.59 Å². The fourth-order valence-corrected chi connectivity index (χ4v) is 2.11. The zero-order valence-electron chi connectivity index (χ0n) is 12.4. The molecule has 0 bridgehead atoms. The quantitative estimate of drug-likeness (QED) is 0.850. The Labute approximate surface area is 128 Å². The first-order valence-electron chi connectivity index (χ1n) is 6.87. The van der Waals surface area contributed by atoms with E-state index in [1.165, 1.54) is 18.2 Å². The van der Waals surface area contributed by atoms with Crippen molar-refractivity contribution in [2.75, 3.05) is 10.6 Å². The van der Waals surface area contributed by atoms with E-state index in [0.29, 0.717) is 11.4 Å². The molecule has 0 atom stereocenters. The van der Waals surface area contributed by atoms with Crippen LogP contribution in [-0.4, -0.2) is 11.8 Å². The molecule has 0 aliphatic carbocycles. The summed E-state index contributed by atoms with van der Waals surface area (Å²) < 4.78 is 13.0. The van der Waals surface area contributed by atoms with Gasteiger partial charge in [0.25, 0.3) is 0 Å². The fraction of sp³-hybridized carbons (Fsp3) is 0.176. The molecule has 22 heavy (non-hydrogen) atoms. The monoisotopic (exact) mass is 300 g/mol. The van der Waals surface area contributed by atoms with Gasteiger partial charge < -0.3 is 10.6 Å². The minimum Gasteiger partial charge on any atom is -0.326 e. The molecule has 0 fully saturated rings. The standard InChI is InChI=1S/C17H17FN2O2/c1-11-5-3-6-12(2)17(11)20-16(22)10-15(21)19-14-8-4-7-13(18)9-14/h3-9H,10H2,1-2H3,(H,19,21)(H,20,22). The van der Waals surface area contributed by atoms with Crippen LogP contribution in [0.25, 0.3) is 0 Å². The molecule has 2 aromatic carbocycles. The second-order valence-electron chi connectivity index (χ2n) is 5.05. The van der Waals surface area contributed by atoms with Crippen LogP contribution in [0.2, 0.25) is 0 Å². The number of hydrogen-bond donors (Lipinski definition) is 2. The number of carbonyl (C=O) groups excluding carboxylic acids is 2.